The summed E-state index contributed by atoms with van der Waals surface area (Å²) < 4.78 is 0. The predicted molar refractivity (Wildman–Crippen MR) is 92.1 cm³/mol. The number of nitrogens with one attached hydrogen (secondary N) is 2. The third kappa shape index (κ3) is 10.1. The predicted octanol–water partition coefficient (Wildman–Crippen LogP) is 2.43. The number of unbranched alkanes of at least 4 members (excludes halogenated alkanes) is 1. The molecule has 1 unspecified atom stereocenters. The van der Waals surface area contributed by atoms with Crippen LogP contribution in [-0.4, -0.2) is 50.1 Å². The Labute approximate surface area is 136 Å². The van der Waals surface area contributed by atoms with Gasteiger partial charge in [0.25, 0.3) is 0 Å². The van der Waals surface area contributed by atoms with E-state index in [1.165, 1.54) is 19.3 Å². The van der Waals surface area contributed by atoms with E-state index in [9.17, 15) is 4.79 Å². The van der Waals surface area contributed by atoms with Crippen LogP contribution in [0, 0.1) is 5.92 Å². The first-order chi connectivity index (χ1) is 9.76. The molecule has 0 spiro atoms. The highest BCUT2D eigenvalue weighted by molar-refractivity contribution is 5.85. The second kappa shape index (κ2) is 13.4. The summed E-state index contributed by atoms with van der Waals surface area (Å²) in [7, 11) is 0. The summed E-state index contributed by atoms with van der Waals surface area (Å²) in [6.45, 7) is 10.8. The summed E-state index contributed by atoms with van der Waals surface area (Å²) in [4.78, 5) is 14.4. The van der Waals surface area contributed by atoms with E-state index < -0.39 is 0 Å². The molecule has 0 aromatic heterocycles. The molecule has 126 valence electrons. The monoisotopic (exact) mass is 319 g/mol. The van der Waals surface area contributed by atoms with Crippen LogP contribution in [0.15, 0.2) is 0 Å². The highest BCUT2D eigenvalue weighted by Gasteiger charge is 2.12. The zero-order valence-electron chi connectivity index (χ0n) is 13.8. The first-order valence-electron chi connectivity index (χ1n) is 8.46. The molecule has 5 heteroatoms. The Balaban J connectivity index is 0.00000400. The van der Waals surface area contributed by atoms with Crippen LogP contribution < -0.4 is 10.6 Å². The maximum atomic E-state index is 11.9. The fraction of sp³-hybridized carbons (Fsp3) is 0.938. The van der Waals surface area contributed by atoms with Gasteiger partial charge in [0.2, 0.25) is 5.91 Å². The second-order valence-electron chi connectivity index (χ2n) is 5.92. The van der Waals surface area contributed by atoms with E-state index in [-0.39, 0.29) is 18.3 Å². The standard InChI is InChI=1S/C16H33N3O.ClH/c1-3-5-7-15(4-2)14-16(20)18-8-6-11-19-12-9-17-10-13-19;/h15,17H,3-14H2,1-2H3,(H,18,20);1H. The van der Waals surface area contributed by atoms with Gasteiger partial charge in [0.15, 0.2) is 0 Å². The summed E-state index contributed by atoms with van der Waals surface area (Å²) in [5, 5.41) is 6.44. The van der Waals surface area contributed by atoms with Crippen LogP contribution in [0.5, 0.6) is 0 Å². The van der Waals surface area contributed by atoms with Gasteiger partial charge in [0.1, 0.15) is 0 Å². The largest absolute Gasteiger partial charge is 0.356 e. The van der Waals surface area contributed by atoms with E-state index >= 15 is 0 Å². The molecule has 1 fully saturated rings. The van der Waals surface area contributed by atoms with Crippen molar-refractivity contribution in [2.45, 2.75) is 52.4 Å². The molecular formula is C16H34ClN3O. The van der Waals surface area contributed by atoms with Gasteiger partial charge in [0, 0.05) is 39.1 Å². The highest BCUT2D eigenvalue weighted by Crippen LogP contribution is 2.16. The molecule has 1 amide bonds. The maximum absolute atomic E-state index is 11.9. The van der Waals surface area contributed by atoms with Gasteiger partial charge < -0.3 is 15.5 Å². The molecule has 4 nitrogen and oxygen atoms in total. The smallest absolute Gasteiger partial charge is 0.220 e. The number of hydrogen-bond acceptors (Lipinski definition) is 3. The number of rotatable bonds is 10. The molecule has 1 aliphatic rings. The molecule has 0 radical (unpaired) electrons. The molecule has 0 aromatic carbocycles. The van der Waals surface area contributed by atoms with E-state index in [1.807, 2.05) is 0 Å². The lowest BCUT2D eigenvalue weighted by Gasteiger charge is -2.27. The molecule has 21 heavy (non-hydrogen) atoms. The summed E-state index contributed by atoms with van der Waals surface area (Å²) in [5.41, 5.74) is 0. The molecule has 0 aliphatic carbocycles. The minimum atomic E-state index is 0. The van der Waals surface area contributed by atoms with E-state index in [4.69, 9.17) is 0 Å². The van der Waals surface area contributed by atoms with Crippen LogP contribution in [0.3, 0.4) is 0 Å². The zero-order chi connectivity index (χ0) is 14.6. The third-order valence-corrected chi connectivity index (χ3v) is 4.20. The Morgan fingerprint density at radius 1 is 1.24 bits per heavy atom. The van der Waals surface area contributed by atoms with Gasteiger partial charge in [0.05, 0.1) is 0 Å². The van der Waals surface area contributed by atoms with Crippen LogP contribution in [0.2, 0.25) is 0 Å². The number of carbonyl (C=O) groups is 1. The van der Waals surface area contributed by atoms with Crippen LogP contribution in [0.4, 0.5) is 0 Å². The number of piperazine rings is 1. The molecule has 1 atom stereocenters. The Morgan fingerprint density at radius 3 is 2.57 bits per heavy atom. The minimum Gasteiger partial charge on any atom is -0.356 e. The number of hydrogen-bond donors (Lipinski definition) is 2. The van der Waals surface area contributed by atoms with Crippen molar-refractivity contribution in [3.05, 3.63) is 0 Å². The van der Waals surface area contributed by atoms with E-state index in [1.54, 1.807) is 0 Å². The lowest BCUT2D eigenvalue weighted by atomic mass is 9.95. The van der Waals surface area contributed by atoms with Gasteiger partial charge in [-0.1, -0.05) is 33.1 Å². The molecule has 1 aliphatic heterocycles. The first-order valence-corrected chi connectivity index (χ1v) is 8.46. The Morgan fingerprint density at radius 2 is 1.95 bits per heavy atom. The molecule has 1 rings (SSSR count). The lowest BCUT2D eigenvalue weighted by Crippen LogP contribution is -2.44. The summed E-state index contributed by atoms with van der Waals surface area (Å²) in [5.74, 6) is 0.816. The average molecular weight is 320 g/mol. The van der Waals surface area contributed by atoms with Gasteiger partial charge in [-0.05, 0) is 25.3 Å². The van der Waals surface area contributed by atoms with Crippen molar-refractivity contribution >= 4 is 18.3 Å². The molecule has 0 aromatic rings. The topological polar surface area (TPSA) is 44.4 Å². The lowest BCUT2D eigenvalue weighted by molar-refractivity contribution is -0.122. The Bertz CT molecular complexity index is 258. The first kappa shape index (κ1) is 20.7. The van der Waals surface area contributed by atoms with Gasteiger partial charge >= 0.3 is 0 Å². The zero-order valence-corrected chi connectivity index (χ0v) is 14.6. The fourth-order valence-corrected chi connectivity index (χ4v) is 2.74. The van der Waals surface area contributed by atoms with Crippen molar-refractivity contribution in [1.82, 2.24) is 15.5 Å². The quantitative estimate of drug-likeness (QED) is 0.608. The van der Waals surface area contributed by atoms with E-state index in [0.29, 0.717) is 12.3 Å². The van der Waals surface area contributed by atoms with Crippen LogP contribution in [0.1, 0.15) is 52.4 Å². The van der Waals surface area contributed by atoms with Gasteiger partial charge in [-0.25, -0.2) is 0 Å². The SMILES string of the molecule is CCCCC(CC)CC(=O)NCCCN1CCNCC1.Cl. The molecule has 1 saturated heterocycles. The van der Waals surface area contributed by atoms with Crippen molar-refractivity contribution < 1.29 is 4.79 Å². The van der Waals surface area contributed by atoms with Gasteiger partial charge in [-0.15, -0.1) is 12.4 Å². The highest BCUT2D eigenvalue weighted by atomic mass is 35.5. The minimum absolute atomic E-state index is 0. The van der Waals surface area contributed by atoms with E-state index in [2.05, 4.69) is 29.4 Å². The molecule has 0 saturated carbocycles. The van der Waals surface area contributed by atoms with Crippen molar-refractivity contribution in [2.24, 2.45) is 5.92 Å². The van der Waals surface area contributed by atoms with Crippen LogP contribution in [0.25, 0.3) is 0 Å². The molecule has 1 heterocycles. The number of halogens is 1. The van der Waals surface area contributed by atoms with Gasteiger partial charge in [-0.2, -0.15) is 0 Å². The summed E-state index contributed by atoms with van der Waals surface area (Å²) in [6.07, 6.45) is 6.56. The van der Waals surface area contributed by atoms with Crippen molar-refractivity contribution in [3.8, 4) is 0 Å². The Hall–Kier alpha value is -0.320. The summed E-state index contributed by atoms with van der Waals surface area (Å²) >= 11 is 0. The number of carbonyl (C=O) groups excluding carboxylic acids is 1. The van der Waals surface area contributed by atoms with Crippen molar-refractivity contribution in [1.29, 1.82) is 0 Å². The Kier molecular flexibility index (Phi) is 13.1. The number of amides is 1. The number of nitrogens with zero attached hydrogens (tertiary/aromatic N) is 1. The van der Waals surface area contributed by atoms with Crippen LogP contribution in [-0.2, 0) is 4.79 Å². The van der Waals surface area contributed by atoms with E-state index in [0.717, 1.165) is 52.1 Å². The normalized spacial score (nSPS) is 17.0. The molecule has 2 N–H and O–H groups in total. The van der Waals surface area contributed by atoms with Gasteiger partial charge in [-0.3, -0.25) is 4.79 Å². The third-order valence-electron chi connectivity index (χ3n) is 4.20. The second-order valence-corrected chi connectivity index (χ2v) is 5.92. The van der Waals surface area contributed by atoms with Crippen molar-refractivity contribution in [2.75, 3.05) is 39.3 Å². The van der Waals surface area contributed by atoms with Crippen molar-refractivity contribution in [3.63, 3.8) is 0 Å². The molecule has 0 bridgehead atoms. The fourth-order valence-electron chi connectivity index (χ4n) is 2.74. The van der Waals surface area contributed by atoms with Crippen LogP contribution >= 0.6 is 12.4 Å². The molecular weight excluding hydrogens is 286 g/mol. The average Bonchev–Trinajstić information content (AvgIpc) is 2.49. The maximum Gasteiger partial charge on any atom is 0.220 e. The summed E-state index contributed by atoms with van der Waals surface area (Å²) in [6, 6.07) is 0.